The second-order valence-electron chi connectivity index (χ2n) is 13.1. The minimum atomic E-state index is -1.42. The molecule has 12 heteroatoms. The lowest BCUT2D eigenvalue weighted by molar-refractivity contribution is -0.364. The number of carbonyl (C=O) groups is 1. The fraction of sp³-hybridized carbons (Fsp3) is 0.893. The van der Waals surface area contributed by atoms with Gasteiger partial charge in [-0.25, -0.2) is 0 Å². The molecule has 2 fully saturated rings. The van der Waals surface area contributed by atoms with E-state index in [9.17, 15) is 25.2 Å². The van der Waals surface area contributed by atoms with E-state index in [2.05, 4.69) is 0 Å². The number of aliphatic hydroxyl groups excluding tert-OH is 4. The number of hydrogen-bond acceptors (Lipinski definition) is 12. The van der Waals surface area contributed by atoms with Gasteiger partial charge < -0.3 is 53.6 Å². The summed E-state index contributed by atoms with van der Waals surface area (Å²) < 4.78 is 40.9. The standard InChI is InChI=1S/C28H48O12/c1-12-18(30)16(27(5,6)7)11-17(34-12)38-23-20(32)14(3)36-26(24(23)37-15(4)29)39-22-19(31)13(2)35-25(21(22)33)40-28(8,9)10/h11-14,16,18-26,30-33H,1-10H3. The number of rotatable bonds is 6. The SMILES string of the molecule is CC(=O)OC1C(OC2C(O)C(C)OC(OC(C)(C)C)C2O)OC(C)C(O)C1OC1=CC(C(C)(C)C)C(O)C(C)O1. The Bertz CT molecular complexity index is 895. The van der Waals surface area contributed by atoms with Crippen molar-refractivity contribution in [1.82, 2.24) is 0 Å². The van der Waals surface area contributed by atoms with Gasteiger partial charge in [0.05, 0.1) is 23.9 Å². The second kappa shape index (κ2) is 12.4. The fourth-order valence-corrected chi connectivity index (χ4v) is 5.10. The molecule has 12 nitrogen and oxygen atoms in total. The molecule has 232 valence electrons. The van der Waals surface area contributed by atoms with Crippen molar-refractivity contribution in [2.24, 2.45) is 11.3 Å². The van der Waals surface area contributed by atoms with Crippen molar-refractivity contribution >= 4 is 5.97 Å². The van der Waals surface area contributed by atoms with E-state index in [0.717, 1.165) is 0 Å². The van der Waals surface area contributed by atoms with Gasteiger partial charge in [0.1, 0.15) is 30.5 Å². The van der Waals surface area contributed by atoms with Crippen molar-refractivity contribution in [1.29, 1.82) is 0 Å². The third-order valence-corrected chi connectivity index (χ3v) is 7.32. The van der Waals surface area contributed by atoms with Gasteiger partial charge in [0, 0.05) is 18.9 Å². The topological polar surface area (TPSA) is 163 Å². The summed E-state index contributed by atoms with van der Waals surface area (Å²) >= 11 is 0. The molecule has 13 unspecified atom stereocenters. The van der Waals surface area contributed by atoms with E-state index in [1.165, 1.54) is 6.92 Å². The van der Waals surface area contributed by atoms with E-state index < -0.39 is 85.2 Å². The van der Waals surface area contributed by atoms with Gasteiger partial charge in [-0.2, -0.15) is 0 Å². The summed E-state index contributed by atoms with van der Waals surface area (Å²) in [5.41, 5.74) is -0.993. The first-order chi connectivity index (χ1) is 18.3. The average molecular weight is 577 g/mol. The molecule has 0 amide bonds. The van der Waals surface area contributed by atoms with E-state index >= 15 is 0 Å². The van der Waals surface area contributed by atoms with Crippen LogP contribution < -0.4 is 0 Å². The number of esters is 1. The van der Waals surface area contributed by atoms with Crippen LogP contribution in [-0.2, 0) is 38.0 Å². The van der Waals surface area contributed by atoms with Gasteiger partial charge in [0.2, 0.25) is 0 Å². The van der Waals surface area contributed by atoms with Crippen LogP contribution in [0, 0.1) is 11.3 Å². The maximum absolute atomic E-state index is 12.2. The fourth-order valence-electron chi connectivity index (χ4n) is 5.10. The number of hydrogen-bond donors (Lipinski definition) is 4. The first-order valence-electron chi connectivity index (χ1n) is 13.9. The summed E-state index contributed by atoms with van der Waals surface area (Å²) in [6.07, 6.45) is -11.6. The molecular formula is C28H48O12. The predicted octanol–water partition coefficient (Wildman–Crippen LogP) is 1.36. The quantitative estimate of drug-likeness (QED) is 0.336. The lowest BCUT2D eigenvalue weighted by atomic mass is 9.75. The van der Waals surface area contributed by atoms with Crippen molar-refractivity contribution in [3.05, 3.63) is 12.0 Å². The smallest absolute Gasteiger partial charge is 0.303 e. The summed E-state index contributed by atoms with van der Waals surface area (Å²) in [7, 11) is 0. The van der Waals surface area contributed by atoms with Crippen molar-refractivity contribution in [2.75, 3.05) is 0 Å². The molecule has 0 radical (unpaired) electrons. The molecule has 3 aliphatic rings. The van der Waals surface area contributed by atoms with Gasteiger partial charge in [-0.05, 0) is 47.0 Å². The van der Waals surface area contributed by atoms with Crippen molar-refractivity contribution in [3.8, 4) is 0 Å². The molecule has 0 spiro atoms. The Morgan fingerprint density at radius 2 is 1.32 bits per heavy atom. The Morgan fingerprint density at radius 3 is 1.85 bits per heavy atom. The first-order valence-corrected chi connectivity index (χ1v) is 13.9. The molecule has 0 aromatic carbocycles. The van der Waals surface area contributed by atoms with Crippen LogP contribution in [0.2, 0.25) is 0 Å². The highest BCUT2D eigenvalue weighted by atomic mass is 16.8. The van der Waals surface area contributed by atoms with Crippen LogP contribution in [0.3, 0.4) is 0 Å². The first kappa shape index (κ1) is 33.0. The molecular weight excluding hydrogens is 528 g/mol. The molecule has 3 rings (SSSR count). The molecule has 4 N–H and O–H groups in total. The van der Waals surface area contributed by atoms with E-state index in [0.29, 0.717) is 0 Å². The van der Waals surface area contributed by atoms with Crippen LogP contribution in [0.4, 0.5) is 0 Å². The Balaban J connectivity index is 1.91. The Labute approximate surface area is 236 Å². The third-order valence-electron chi connectivity index (χ3n) is 7.32. The molecule has 3 aliphatic heterocycles. The van der Waals surface area contributed by atoms with Gasteiger partial charge in [-0.3, -0.25) is 4.79 Å². The largest absolute Gasteiger partial charge is 0.460 e. The molecule has 13 atom stereocenters. The monoisotopic (exact) mass is 576 g/mol. The molecule has 0 aliphatic carbocycles. The molecule has 3 heterocycles. The number of aliphatic hydroxyl groups is 4. The number of carbonyl (C=O) groups excluding carboxylic acids is 1. The normalized spacial score (nSPS) is 43.0. The lowest BCUT2D eigenvalue weighted by Gasteiger charge is -2.48. The average Bonchev–Trinajstić information content (AvgIpc) is 2.80. The summed E-state index contributed by atoms with van der Waals surface area (Å²) in [6, 6.07) is 0. The highest BCUT2D eigenvalue weighted by Gasteiger charge is 2.53. The van der Waals surface area contributed by atoms with Gasteiger partial charge in [-0.15, -0.1) is 0 Å². The summed E-state index contributed by atoms with van der Waals surface area (Å²) in [4.78, 5) is 12.2. The highest BCUT2D eigenvalue weighted by molar-refractivity contribution is 5.66. The summed E-state index contributed by atoms with van der Waals surface area (Å²) in [5.74, 6) is -0.957. The Hall–Kier alpha value is -1.51. The third kappa shape index (κ3) is 7.65. The zero-order chi connectivity index (χ0) is 30.3. The van der Waals surface area contributed by atoms with Crippen LogP contribution >= 0.6 is 0 Å². The molecule has 0 bridgehead atoms. The van der Waals surface area contributed by atoms with Crippen LogP contribution in [0.15, 0.2) is 12.0 Å². The zero-order valence-corrected chi connectivity index (χ0v) is 25.1. The Kier molecular flexibility index (Phi) is 10.2. The van der Waals surface area contributed by atoms with Crippen molar-refractivity contribution < 1.29 is 58.4 Å². The molecule has 0 saturated carbocycles. The van der Waals surface area contributed by atoms with E-state index in [-0.39, 0.29) is 17.3 Å². The van der Waals surface area contributed by atoms with E-state index in [1.807, 2.05) is 20.8 Å². The maximum Gasteiger partial charge on any atom is 0.303 e. The summed E-state index contributed by atoms with van der Waals surface area (Å²) in [6.45, 7) is 17.4. The molecule has 0 aromatic heterocycles. The second-order valence-corrected chi connectivity index (χ2v) is 13.1. The highest BCUT2D eigenvalue weighted by Crippen LogP contribution is 2.39. The van der Waals surface area contributed by atoms with Crippen molar-refractivity contribution in [3.63, 3.8) is 0 Å². The zero-order valence-electron chi connectivity index (χ0n) is 25.1. The maximum atomic E-state index is 12.2. The van der Waals surface area contributed by atoms with E-state index in [4.69, 9.17) is 33.2 Å². The van der Waals surface area contributed by atoms with Gasteiger partial charge in [-0.1, -0.05) is 20.8 Å². The van der Waals surface area contributed by atoms with Crippen LogP contribution in [-0.4, -0.2) is 106 Å². The Morgan fingerprint density at radius 1 is 0.775 bits per heavy atom. The van der Waals surface area contributed by atoms with E-state index in [1.54, 1.807) is 47.6 Å². The number of ether oxygens (including phenoxy) is 7. The molecule has 40 heavy (non-hydrogen) atoms. The van der Waals surface area contributed by atoms with Crippen LogP contribution in [0.1, 0.15) is 69.2 Å². The summed E-state index contributed by atoms with van der Waals surface area (Å²) in [5, 5.41) is 43.7. The van der Waals surface area contributed by atoms with Crippen LogP contribution in [0.5, 0.6) is 0 Å². The van der Waals surface area contributed by atoms with Gasteiger partial charge >= 0.3 is 5.97 Å². The van der Waals surface area contributed by atoms with Crippen LogP contribution in [0.25, 0.3) is 0 Å². The molecule has 0 aromatic rings. The minimum absolute atomic E-state index is 0.0603. The van der Waals surface area contributed by atoms with Gasteiger partial charge in [0.25, 0.3) is 5.95 Å². The molecule has 2 saturated heterocycles. The van der Waals surface area contributed by atoms with Crippen molar-refractivity contribution in [2.45, 2.75) is 148 Å². The van der Waals surface area contributed by atoms with Gasteiger partial charge in [0.15, 0.2) is 24.8 Å². The minimum Gasteiger partial charge on any atom is -0.460 e. The predicted molar refractivity (Wildman–Crippen MR) is 140 cm³/mol. The lowest BCUT2D eigenvalue weighted by Crippen LogP contribution is -2.64.